The van der Waals surface area contributed by atoms with Crippen molar-refractivity contribution in [3.63, 3.8) is 0 Å². The summed E-state index contributed by atoms with van der Waals surface area (Å²) in [7, 11) is 1.94. The lowest BCUT2D eigenvalue weighted by Gasteiger charge is -1.96. The molecule has 3 heteroatoms. The van der Waals surface area contributed by atoms with Gasteiger partial charge in [-0.3, -0.25) is 0 Å². The summed E-state index contributed by atoms with van der Waals surface area (Å²) in [5, 5.41) is 6.30. The number of hydrogen-bond donors (Lipinski definition) is 1. The summed E-state index contributed by atoms with van der Waals surface area (Å²) < 4.78 is 0. The molecular weight excluding hydrogens is 204 g/mol. The van der Waals surface area contributed by atoms with Crippen molar-refractivity contribution in [2.75, 3.05) is 7.05 Å². The number of nitrogens with one attached hydrogen (secondary N) is 1. The van der Waals surface area contributed by atoms with Crippen LogP contribution in [0, 0.1) is 6.92 Å². The molecule has 1 aromatic carbocycles. The van der Waals surface area contributed by atoms with Gasteiger partial charge < -0.3 is 5.32 Å². The second-order valence-corrected chi connectivity index (χ2v) is 4.40. The topological polar surface area (TPSA) is 24.9 Å². The third kappa shape index (κ3) is 2.43. The van der Waals surface area contributed by atoms with Gasteiger partial charge in [0.2, 0.25) is 0 Å². The zero-order chi connectivity index (χ0) is 10.7. The number of nitrogens with zero attached hydrogens (tertiary/aromatic N) is 1. The maximum absolute atomic E-state index is 4.56. The first kappa shape index (κ1) is 10.3. The minimum absolute atomic E-state index is 0.836. The predicted octanol–water partition coefficient (Wildman–Crippen LogP) is 2.84. The van der Waals surface area contributed by atoms with E-state index in [9.17, 15) is 0 Å². The molecule has 0 bridgehead atoms. The highest BCUT2D eigenvalue weighted by Crippen LogP contribution is 2.23. The molecule has 0 fully saturated rings. The van der Waals surface area contributed by atoms with Crippen molar-refractivity contribution >= 4 is 11.3 Å². The Hall–Kier alpha value is -1.19. The molecular formula is C12H14N2S. The van der Waals surface area contributed by atoms with E-state index in [1.807, 2.05) is 7.05 Å². The van der Waals surface area contributed by atoms with Crippen molar-refractivity contribution in [2.45, 2.75) is 13.5 Å². The molecule has 0 aliphatic heterocycles. The van der Waals surface area contributed by atoms with Gasteiger partial charge in [0.05, 0.1) is 5.69 Å². The fraction of sp³-hybridized carbons (Fsp3) is 0.250. The largest absolute Gasteiger partial charge is 0.314 e. The van der Waals surface area contributed by atoms with Crippen LogP contribution in [0.5, 0.6) is 0 Å². The molecule has 0 saturated heterocycles. The maximum Gasteiger partial charge on any atom is 0.123 e. The molecule has 2 nitrogen and oxygen atoms in total. The molecule has 0 aliphatic carbocycles. The van der Waals surface area contributed by atoms with E-state index in [1.165, 1.54) is 11.1 Å². The summed E-state index contributed by atoms with van der Waals surface area (Å²) >= 11 is 1.70. The Morgan fingerprint density at radius 1 is 1.27 bits per heavy atom. The van der Waals surface area contributed by atoms with Crippen LogP contribution in [0.4, 0.5) is 0 Å². The van der Waals surface area contributed by atoms with Crippen LogP contribution in [-0.2, 0) is 6.54 Å². The lowest BCUT2D eigenvalue weighted by molar-refractivity contribution is 0.798. The second-order valence-electron chi connectivity index (χ2n) is 3.54. The Labute approximate surface area is 94.0 Å². The van der Waals surface area contributed by atoms with E-state index < -0.39 is 0 Å². The van der Waals surface area contributed by atoms with Crippen LogP contribution in [0.25, 0.3) is 10.6 Å². The highest BCUT2D eigenvalue weighted by atomic mass is 32.1. The van der Waals surface area contributed by atoms with Crippen LogP contribution >= 0.6 is 11.3 Å². The molecule has 0 atom stereocenters. The number of thiazole rings is 1. The molecule has 0 radical (unpaired) electrons. The highest BCUT2D eigenvalue weighted by Gasteiger charge is 2.03. The number of benzene rings is 1. The van der Waals surface area contributed by atoms with E-state index >= 15 is 0 Å². The van der Waals surface area contributed by atoms with Gasteiger partial charge >= 0.3 is 0 Å². The molecule has 0 spiro atoms. The number of aryl methyl sites for hydroxylation is 1. The second kappa shape index (κ2) is 4.55. The van der Waals surface area contributed by atoms with Gasteiger partial charge in [0.15, 0.2) is 0 Å². The van der Waals surface area contributed by atoms with E-state index in [0.29, 0.717) is 0 Å². The van der Waals surface area contributed by atoms with E-state index in [4.69, 9.17) is 0 Å². The molecule has 2 rings (SSSR count). The van der Waals surface area contributed by atoms with Crippen molar-refractivity contribution in [1.29, 1.82) is 0 Å². The molecule has 1 aromatic heterocycles. The lowest BCUT2D eigenvalue weighted by atomic mass is 10.2. The van der Waals surface area contributed by atoms with E-state index in [-0.39, 0.29) is 0 Å². The Kier molecular flexibility index (Phi) is 3.14. The average molecular weight is 218 g/mol. The molecule has 0 unspecified atom stereocenters. The van der Waals surface area contributed by atoms with Crippen LogP contribution in [0.1, 0.15) is 11.3 Å². The molecule has 0 amide bonds. The molecule has 1 N–H and O–H groups in total. The van der Waals surface area contributed by atoms with Gasteiger partial charge in [-0.25, -0.2) is 4.98 Å². The first-order valence-corrected chi connectivity index (χ1v) is 5.83. The standard InChI is InChI=1S/C12H14N2S/c1-9-3-5-10(6-4-9)12-14-11(7-13-2)8-15-12/h3-6,8,13H,7H2,1-2H3. The smallest absolute Gasteiger partial charge is 0.123 e. The molecule has 78 valence electrons. The van der Waals surface area contributed by atoms with Crippen LogP contribution in [-0.4, -0.2) is 12.0 Å². The molecule has 15 heavy (non-hydrogen) atoms. The van der Waals surface area contributed by atoms with Crippen molar-refractivity contribution in [2.24, 2.45) is 0 Å². The normalized spacial score (nSPS) is 10.5. The summed E-state index contributed by atoms with van der Waals surface area (Å²) in [5.41, 5.74) is 3.59. The van der Waals surface area contributed by atoms with E-state index in [0.717, 1.165) is 17.2 Å². The zero-order valence-corrected chi connectivity index (χ0v) is 9.77. The van der Waals surface area contributed by atoms with Crippen molar-refractivity contribution in [3.05, 3.63) is 40.9 Å². The first-order chi connectivity index (χ1) is 7.29. The molecule has 0 saturated carbocycles. The Morgan fingerprint density at radius 3 is 2.67 bits per heavy atom. The van der Waals surface area contributed by atoms with Crippen LogP contribution < -0.4 is 5.32 Å². The SMILES string of the molecule is CNCc1csc(-c2ccc(C)cc2)n1. The van der Waals surface area contributed by atoms with Gasteiger partial charge in [-0.15, -0.1) is 11.3 Å². The quantitative estimate of drug-likeness (QED) is 0.857. The highest BCUT2D eigenvalue weighted by molar-refractivity contribution is 7.13. The summed E-state index contributed by atoms with van der Waals surface area (Å²) in [5.74, 6) is 0. The van der Waals surface area contributed by atoms with Crippen molar-refractivity contribution in [3.8, 4) is 10.6 Å². The fourth-order valence-corrected chi connectivity index (χ4v) is 2.22. The minimum Gasteiger partial charge on any atom is -0.314 e. The summed E-state index contributed by atoms with van der Waals surface area (Å²) in [6.07, 6.45) is 0. The molecule has 2 aromatic rings. The zero-order valence-electron chi connectivity index (χ0n) is 8.95. The summed E-state index contributed by atoms with van der Waals surface area (Å²) in [6.45, 7) is 2.93. The lowest BCUT2D eigenvalue weighted by Crippen LogP contribution is -2.04. The molecule has 0 aliphatic rings. The Balaban J connectivity index is 2.25. The van der Waals surface area contributed by atoms with Crippen LogP contribution in [0.2, 0.25) is 0 Å². The Bertz CT molecular complexity index is 431. The first-order valence-electron chi connectivity index (χ1n) is 4.95. The van der Waals surface area contributed by atoms with Gasteiger partial charge in [-0.1, -0.05) is 29.8 Å². The van der Waals surface area contributed by atoms with Gasteiger partial charge in [-0.2, -0.15) is 0 Å². The summed E-state index contributed by atoms with van der Waals surface area (Å²) in [4.78, 5) is 4.56. The van der Waals surface area contributed by atoms with E-state index in [2.05, 4.69) is 46.9 Å². The van der Waals surface area contributed by atoms with Crippen molar-refractivity contribution < 1.29 is 0 Å². The third-order valence-corrected chi connectivity index (χ3v) is 3.15. The number of hydrogen-bond acceptors (Lipinski definition) is 3. The average Bonchev–Trinajstić information content (AvgIpc) is 2.68. The van der Waals surface area contributed by atoms with Crippen LogP contribution in [0.15, 0.2) is 29.6 Å². The predicted molar refractivity (Wildman–Crippen MR) is 65.1 cm³/mol. The monoisotopic (exact) mass is 218 g/mol. The van der Waals surface area contributed by atoms with Gasteiger partial charge in [0.1, 0.15) is 5.01 Å². The summed E-state index contributed by atoms with van der Waals surface area (Å²) in [6, 6.07) is 8.48. The van der Waals surface area contributed by atoms with Crippen LogP contribution in [0.3, 0.4) is 0 Å². The minimum atomic E-state index is 0.836. The molecule has 1 heterocycles. The number of aromatic nitrogens is 1. The third-order valence-electron chi connectivity index (χ3n) is 2.21. The van der Waals surface area contributed by atoms with Gasteiger partial charge in [0.25, 0.3) is 0 Å². The Morgan fingerprint density at radius 2 is 2.00 bits per heavy atom. The van der Waals surface area contributed by atoms with E-state index in [1.54, 1.807) is 11.3 Å². The van der Waals surface area contributed by atoms with Crippen molar-refractivity contribution in [1.82, 2.24) is 10.3 Å². The fourth-order valence-electron chi connectivity index (χ4n) is 1.40. The maximum atomic E-state index is 4.56. The number of rotatable bonds is 3. The van der Waals surface area contributed by atoms with Gasteiger partial charge in [-0.05, 0) is 14.0 Å². The van der Waals surface area contributed by atoms with Gasteiger partial charge in [0, 0.05) is 17.5 Å².